The molecule has 2 atom stereocenters. The van der Waals surface area contributed by atoms with Gasteiger partial charge in [-0.3, -0.25) is 9.36 Å². The number of carbonyl (C=O) groups excluding carboxylic acids is 1. The van der Waals surface area contributed by atoms with Crippen LogP contribution in [-0.2, 0) is 22.5 Å². The van der Waals surface area contributed by atoms with Crippen LogP contribution in [-0.4, -0.2) is 39.1 Å². The molecule has 2 aromatic carbocycles. The van der Waals surface area contributed by atoms with Crippen LogP contribution < -0.4 is 5.32 Å². The molecule has 3 aromatic rings. The lowest BCUT2D eigenvalue weighted by Gasteiger charge is -2.26. The summed E-state index contributed by atoms with van der Waals surface area (Å²) in [5.74, 6) is 0.608. The highest BCUT2D eigenvalue weighted by atomic mass is 32.2. The van der Waals surface area contributed by atoms with Gasteiger partial charge < -0.3 is 10.1 Å². The molecule has 1 N–H and O–H groups in total. The van der Waals surface area contributed by atoms with E-state index in [4.69, 9.17) is 4.74 Å². The van der Waals surface area contributed by atoms with Gasteiger partial charge in [0.05, 0.1) is 24.4 Å². The molecule has 1 saturated heterocycles. The van der Waals surface area contributed by atoms with Gasteiger partial charge in [0.15, 0.2) is 11.0 Å². The predicted molar refractivity (Wildman–Crippen MR) is 125 cm³/mol. The van der Waals surface area contributed by atoms with Crippen LogP contribution in [0.25, 0.3) is 11.4 Å². The van der Waals surface area contributed by atoms with Gasteiger partial charge in [0.1, 0.15) is 5.82 Å². The third-order valence-electron chi connectivity index (χ3n) is 6.27. The lowest BCUT2D eigenvalue weighted by Crippen LogP contribution is -2.32. The number of nitrogens with zero attached hydrogens (tertiary/aromatic N) is 3. The zero-order valence-electron chi connectivity index (χ0n) is 18.4. The number of aryl methyl sites for hydroxylation is 1. The molecule has 0 radical (unpaired) electrons. The fourth-order valence-corrected chi connectivity index (χ4v) is 5.39. The molecule has 1 fully saturated rings. The fraction of sp³-hybridized carbons (Fsp3) is 0.400. The minimum Gasteiger partial charge on any atom is -0.376 e. The van der Waals surface area contributed by atoms with E-state index in [0.29, 0.717) is 17.5 Å². The highest BCUT2D eigenvalue weighted by Crippen LogP contribution is 2.30. The molecule has 0 saturated carbocycles. The van der Waals surface area contributed by atoms with E-state index in [1.54, 1.807) is 12.1 Å². The summed E-state index contributed by atoms with van der Waals surface area (Å²) < 4.78 is 21.2. The zero-order chi connectivity index (χ0) is 22.6. The standard InChI is InChI=1S/C25H27FN4O2S/c26-19-12-10-18(11-13-19)24-28-29-25(30(24)15-20-7-4-14-32-20)33-16-23(31)27-22-9-3-6-17-5-1-2-8-21(17)22/h1-2,5,8,10-13,20,22H,3-4,6-7,9,14-16H2,(H,27,31)/t20-,22+/m0/s1. The molecule has 1 aliphatic carbocycles. The lowest BCUT2D eigenvalue weighted by molar-refractivity contribution is -0.119. The molecule has 33 heavy (non-hydrogen) atoms. The van der Waals surface area contributed by atoms with Crippen molar-refractivity contribution in [2.45, 2.75) is 56.0 Å². The second-order valence-electron chi connectivity index (χ2n) is 8.56. The van der Waals surface area contributed by atoms with E-state index in [-0.39, 0.29) is 29.6 Å². The van der Waals surface area contributed by atoms with Crippen molar-refractivity contribution in [3.63, 3.8) is 0 Å². The Morgan fingerprint density at radius 2 is 1.97 bits per heavy atom. The van der Waals surface area contributed by atoms with E-state index >= 15 is 0 Å². The van der Waals surface area contributed by atoms with Crippen molar-refractivity contribution >= 4 is 17.7 Å². The number of hydrogen-bond donors (Lipinski definition) is 1. The normalized spacial score (nSPS) is 19.9. The van der Waals surface area contributed by atoms with Crippen molar-refractivity contribution < 1.29 is 13.9 Å². The Morgan fingerprint density at radius 1 is 1.12 bits per heavy atom. The van der Waals surface area contributed by atoms with E-state index < -0.39 is 0 Å². The minimum absolute atomic E-state index is 0.0169. The maximum atomic E-state index is 13.4. The zero-order valence-corrected chi connectivity index (χ0v) is 19.2. The highest BCUT2D eigenvalue weighted by Gasteiger charge is 2.24. The maximum absolute atomic E-state index is 13.4. The molecule has 0 spiro atoms. The van der Waals surface area contributed by atoms with E-state index in [1.807, 2.05) is 10.6 Å². The maximum Gasteiger partial charge on any atom is 0.230 e. The van der Waals surface area contributed by atoms with Gasteiger partial charge in [0, 0.05) is 12.2 Å². The van der Waals surface area contributed by atoms with Crippen LogP contribution in [0, 0.1) is 5.82 Å². The third kappa shape index (κ3) is 5.12. The SMILES string of the molecule is O=C(CSc1nnc(-c2ccc(F)cc2)n1C[C@@H]1CCCO1)N[C@@H]1CCCc2ccccc21. The van der Waals surface area contributed by atoms with E-state index in [2.05, 4.69) is 33.7 Å². The number of aromatic nitrogens is 3. The second-order valence-corrected chi connectivity index (χ2v) is 9.50. The van der Waals surface area contributed by atoms with Crippen molar-refractivity contribution in [1.82, 2.24) is 20.1 Å². The van der Waals surface area contributed by atoms with Crippen LogP contribution in [0.1, 0.15) is 42.9 Å². The fourth-order valence-electron chi connectivity index (χ4n) is 4.63. The highest BCUT2D eigenvalue weighted by molar-refractivity contribution is 7.99. The van der Waals surface area contributed by atoms with Crippen LogP contribution in [0.5, 0.6) is 0 Å². The molecule has 2 heterocycles. The van der Waals surface area contributed by atoms with Gasteiger partial charge in [-0.1, -0.05) is 36.0 Å². The summed E-state index contributed by atoms with van der Waals surface area (Å²) in [7, 11) is 0. The number of benzene rings is 2. The topological polar surface area (TPSA) is 69.0 Å². The Kier molecular flexibility index (Phi) is 6.73. The number of hydrogen-bond acceptors (Lipinski definition) is 5. The van der Waals surface area contributed by atoms with Crippen LogP contribution >= 0.6 is 11.8 Å². The first-order chi connectivity index (χ1) is 16.2. The van der Waals surface area contributed by atoms with Gasteiger partial charge in [-0.2, -0.15) is 0 Å². The molecular weight excluding hydrogens is 439 g/mol. The Hall–Kier alpha value is -2.71. The Balaban J connectivity index is 1.30. The summed E-state index contributed by atoms with van der Waals surface area (Å²) in [4.78, 5) is 12.8. The summed E-state index contributed by atoms with van der Waals surface area (Å²) in [6, 6.07) is 14.6. The summed E-state index contributed by atoms with van der Waals surface area (Å²) >= 11 is 1.37. The lowest BCUT2D eigenvalue weighted by atomic mass is 9.88. The van der Waals surface area contributed by atoms with E-state index in [0.717, 1.165) is 44.3 Å². The Bertz CT molecular complexity index is 1110. The molecule has 1 amide bonds. The summed E-state index contributed by atoms with van der Waals surface area (Å²) in [6.07, 6.45) is 5.20. The van der Waals surface area contributed by atoms with Crippen molar-refractivity contribution in [3.8, 4) is 11.4 Å². The quantitative estimate of drug-likeness (QED) is 0.518. The van der Waals surface area contributed by atoms with Crippen molar-refractivity contribution in [1.29, 1.82) is 0 Å². The van der Waals surface area contributed by atoms with E-state index in [1.165, 1.54) is 35.0 Å². The second kappa shape index (κ2) is 10.1. The number of amides is 1. The molecule has 0 bridgehead atoms. The smallest absolute Gasteiger partial charge is 0.230 e. The summed E-state index contributed by atoms with van der Waals surface area (Å²) in [5, 5.41) is 12.6. The molecule has 5 rings (SSSR count). The van der Waals surface area contributed by atoms with Gasteiger partial charge in [-0.15, -0.1) is 10.2 Å². The first-order valence-corrected chi connectivity index (χ1v) is 12.5. The molecule has 1 aromatic heterocycles. The number of thioether (sulfide) groups is 1. The number of ether oxygens (including phenoxy) is 1. The number of nitrogens with one attached hydrogen (secondary N) is 1. The van der Waals surface area contributed by atoms with Crippen molar-refractivity contribution in [3.05, 3.63) is 65.5 Å². The van der Waals surface area contributed by atoms with Crippen LogP contribution in [0.2, 0.25) is 0 Å². The molecule has 172 valence electrons. The van der Waals surface area contributed by atoms with Crippen LogP contribution in [0.3, 0.4) is 0 Å². The summed E-state index contributed by atoms with van der Waals surface area (Å²) in [6.45, 7) is 1.37. The van der Waals surface area contributed by atoms with Gasteiger partial charge in [-0.05, 0) is 67.5 Å². The first kappa shape index (κ1) is 22.1. The number of carbonyl (C=O) groups is 1. The van der Waals surface area contributed by atoms with Crippen molar-refractivity contribution in [2.75, 3.05) is 12.4 Å². The monoisotopic (exact) mass is 466 g/mol. The average molecular weight is 467 g/mol. The number of halogens is 1. The van der Waals surface area contributed by atoms with Gasteiger partial charge in [0.25, 0.3) is 0 Å². The van der Waals surface area contributed by atoms with Gasteiger partial charge in [0.2, 0.25) is 5.91 Å². The number of rotatable bonds is 7. The van der Waals surface area contributed by atoms with Crippen LogP contribution in [0.15, 0.2) is 53.7 Å². The minimum atomic E-state index is -0.292. The average Bonchev–Trinajstić information content (AvgIpc) is 3.49. The number of fused-ring (bicyclic) bond motifs is 1. The largest absolute Gasteiger partial charge is 0.376 e. The molecule has 1 aliphatic heterocycles. The van der Waals surface area contributed by atoms with Crippen LogP contribution in [0.4, 0.5) is 4.39 Å². The third-order valence-corrected chi connectivity index (χ3v) is 7.23. The van der Waals surface area contributed by atoms with Crippen molar-refractivity contribution in [2.24, 2.45) is 0 Å². The molecule has 2 aliphatic rings. The van der Waals surface area contributed by atoms with E-state index in [9.17, 15) is 9.18 Å². The van der Waals surface area contributed by atoms with Gasteiger partial charge in [-0.25, -0.2) is 4.39 Å². The Morgan fingerprint density at radius 3 is 2.79 bits per heavy atom. The molecule has 8 heteroatoms. The first-order valence-electron chi connectivity index (χ1n) is 11.5. The molecular formula is C25H27FN4O2S. The van der Waals surface area contributed by atoms with Gasteiger partial charge >= 0.3 is 0 Å². The molecule has 6 nitrogen and oxygen atoms in total. The Labute approximate surface area is 196 Å². The molecule has 0 unspecified atom stereocenters. The predicted octanol–water partition coefficient (Wildman–Crippen LogP) is 4.55. The summed E-state index contributed by atoms with van der Waals surface area (Å²) in [5.41, 5.74) is 3.33.